The maximum absolute atomic E-state index is 5.42. The van der Waals surface area contributed by atoms with Gasteiger partial charge in [0, 0.05) is 37.1 Å². The minimum Gasteiger partial charge on any atom is -0.378 e. The molecule has 2 aromatic rings. The van der Waals surface area contributed by atoms with Gasteiger partial charge in [-0.2, -0.15) is 0 Å². The van der Waals surface area contributed by atoms with Crippen molar-refractivity contribution in [3.05, 3.63) is 34.8 Å². The van der Waals surface area contributed by atoms with Crippen molar-refractivity contribution in [2.75, 3.05) is 56.2 Å². The second-order valence-electron chi connectivity index (χ2n) is 7.04. The molecule has 0 spiro atoms. The van der Waals surface area contributed by atoms with Gasteiger partial charge in [0.05, 0.1) is 13.2 Å². The highest BCUT2D eigenvalue weighted by atomic mass is 32.1. The predicted molar refractivity (Wildman–Crippen MR) is 106 cm³/mol. The van der Waals surface area contributed by atoms with E-state index in [0.29, 0.717) is 0 Å². The van der Waals surface area contributed by atoms with Crippen molar-refractivity contribution in [1.29, 1.82) is 0 Å². The number of anilines is 2. The van der Waals surface area contributed by atoms with Crippen LogP contribution < -0.4 is 10.2 Å². The maximum atomic E-state index is 5.42. The standard InChI is InChI=1S/C19H27N5OS/c1-2-17(26-11-1)14-23-5-3-16(4-6-23)13-20-18-12-19(22-15-21-18)24-7-9-25-10-8-24/h1-2,11-12,15-16H,3-10,13-14H2,(H,20,21,22). The Balaban J connectivity index is 1.23. The molecule has 0 aliphatic carbocycles. The van der Waals surface area contributed by atoms with Crippen molar-refractivity contribution in [2.45, 2.75) is 19.4 Å². The van der Waals surface area contributed by atoms with Crippen LogP contribution in [-0.4, -0.2) is 60.8 Å². The van der Waals surface area contributed by atoms with E-state index in [4.69, 9.17) is 4.74 Å². The molecular weight excluding hydrogens is 346 g/mol. The average Bonchev–Trinajstić information content (AvgIpc) is 3.21. The molecule has 0 bridgehead atoms. The summed E-state index contributed by atoms with van der Waals surface area (Å²) in [6, 6.07) is 6.44. The lowest BCUT2D eigenvalue weighted by Gasteiger charge is -2.32. The molecule has 2 aliphatic heterocycles. The van der Waals surface area contributed by atoms with Gasteiger partial charge < -0.3 is 15.0 Å². The maximum Gasteiger partial charge on any atom is 0.134 e. The lowest BCUT2D eigenvalue weighted by molar-refractivity contribution is 0.122. The third-order valence-electron chi connectivity index (χ3n) is 5.23. The summed E-state index contributed by atoms with van der Waals surface area (Å²) >= 11 is 1.86. The molecule has 4 heterocycles. The molecule has 26 heavy (non-hydrogen) atoms. The van der Waals surface area contributed by atoms with E-state index in [-0.39, 0.29) is 0 Å². The van der Waals surface area contributed by atoms with E-state index in [9.17, 15) is 0 Å². The number of hydrogen-bond donors (Lipinski definition) is 1. The van der Waals surface area contributed by atoms with E-state index in [1.54, 1.807) is 6.33 Å². The summed E-state index contributed by atoms with van der Waals surface area (Å²) in [5.41, 5.74) is 0. The zero-order chi connectivity index (χ0) is 17.6. The molecule has 4 rings (SSSR count). The van der Waals surface area contributed by atoms with Crippen LogP contribution >= 0.6 is 11.3 Å². The SMILES string of the molecule is c1csc(CN2CCC(CNc3cc(N4CCOCC4)ncn3)CC2)c1. The van der Waals surface area contributed by atoms with Crippen LogP contribution in [0.2, 0.25) is 0 Å². The molecule has 0 unspecified atom stereocenters. The second kappa shape index (κ2) is 8.79. The Morgan fingerprint density at radius 3 is 2.77 bits per heavy atom. The molecule has 2 aromatic heterocycles. The first-order chi connectivity index (χ1) is 12.9. The van der Waals surface area contributed by atoms with Crippen LogP contribution in [-0.2, 0) is 11.3 Å². The van der Waals surface area contributed by atoms with E-state index < -0.39 is 0 Å². The molecule has 0 aromatic carbocycles. The van der Waals surface area contributed by atoms with Gasteiger partial charge in [0.1, 0.15) is 18.0 Å². The quantitative estimate of drug-likeness (QED) is 0.840. The number of ether oxygens (including phenoxy) is 1. The number of morpholine rings is 1. The van der Waals surface area contributed by atoms with Crippen molar-refractivity contribution in [3.63, 3.8) is 0 Å². The third-order valence-corrected chi connectivity index (χ3v) is 6.09. The molecule has 140 valence electrons. The van der Waals surface area contributed by atoms with E-state index in [2.05, 4.69) is 48.7 Å². The lowest BCUT2D eigenvalue weighted by Crippen LogP contribution is -2.37. The van der Waals surface area contributed by atoms with Crippen LogP contribution in [0.25, 0.3) is 0 Å². The van der Waals surface area contributed by atoms with Crippen LogP contribution in [0.3, 0.4) is 0 Å². The Hall–Kier alpha value is -1.70. The fraction of sp³-hybridized carbons (Fsp3) is 0.579. The minimum absolute atomic E-state index is 0.719. The molecular formula is C19H27N5OS. The topological polar surface area (TPSA) is 53.5 Å². The van der Waals surface area contributed by atoms with Crippen molar-refractivity contribution in [1.82, 2.24) is 14.9 Å². The van der Waals surface area contributed by atoms with Gasteiger partial charge in [-0.25, -0.2) is 9.97 Å². The Labute approximate surface area is 159 Å². The third kappa shape index (κ3) is 4.72. The summed E-state index contributed by atoms with van der Waals surface area (Å²) in [6.07, 6.45) is 4.16. The minimum atomic E-state index is 0.719. The summed E-state index contributed by atoms with van der Waals surface area (Å²) in [5, 5.41) is 5.69. The average molecular weight is 374 g/mol. The number of hydrogen-bond acceptors (Lipinski definition) is 7. The van der Waals surface area contributed by atoms with Gasteiger partial charge in [0.25, 0.3) is 0 Å². The normalized spacial score (nSPS) is 19.6. The molecule has 0 amide bonds. The Morgan fingerprint density at radius 1 is 1.15 bits per heavy atom. The molecule has 0 radical (unpaired) electrons. The van der Waals surface area contributed by atoms with E-state index >= 15 is 0 Å². The van der Waals surface area contributed by atoms with Gasteiger partial charge >= 0.3 is 0 Å². The second-order valence-corrected chi connectivity index (χ2v) is 8.07. The molecule has 2 saturated heterocycles. The number of nitrogens with one attached hydrogen (secondary N) is 1. The van der Waals surface area contributed by atoms with Crippen molar-refractivity contribution >= 4 is 23.0 Å². The smallest absolute Gasteiger partial charge is 0.134 e. The van der Waals surface area contributed by atoms with Crippen LogP contribution in [0.1, 0.15) is 17.7 Å². The van der Waals surface area contributed by atoms with E-state index in [1.165, 1.54) is 30.8 Å². The summed E-state index contributed by atoms with van der Waals surface area (Å²) < 4.78 is 5.42. The van der Waals surface area contributed by atoms with E-state index in [0.717, 1.165) is 56.9 Å². The van der Waals surface area contributed by atoms with Gasteiger partial charge in [0.2, 0.25) is 0 Å². The molecule has 6 nitrogen and oxygen atoms in total. The highest BCUT2D eigenvalue weighted by Crippen LogP contribution is 2.22. The van der Waals surface area contributed by atoms with Crippen LogP contribution in [0.15, 0.2) is 29.9 Å². The fourth-order valence-corrected chi connectivity index (χ4v) is 4.38. The highest BCUT2D eigenvalue weighted by Gasteiger charge is 2.20. The van der Waals surface area contributed by atoms with Crippen LogP contribution in [0, 0.1) is 5.92 Å². The van der Waals surface area contributed by atoms with Gasteiger partial charge in [0.15, 0.2) is 0 Å². The van der Waals surface area contributed by atoms with Crippen LogP contribution in [0.4, 0.5) is 11.6 Å². The van der Waals surface area contributed by atoms with E-state index in [1.807, 2.05) is 11.3 Å². The summed E-state index contributed by atoms with van der Waals surface area (Å²) in [6.45, 7) is 7.82. The van der Waals surface area contributed by atoms with Crippen LogP contribution in [0.5, 0.6) is 0 Å². The fourth-order valence-electron chi connectivity index (χ4n) is 3.63. The van der Waals surface area contributed by atoms with Gasteiger partial charge in [-0.1, -0.05) is 6.07 Å². The molecule has 0 saturated carbocycles. The first kappa shape index (κ1) is 17.7. The highest BCUT2D eigenvalue weighted by molar-refractivity contribution is 7.09. The van der Waals surface area contributed by atoms with Crippen molar-refractivity contribution in [3.8, 4) is 0 Å². The zero-order valence-corrected chi connectivity index (χ0v) is 16.0. The molecule has 2 fully saturated rings. The van der Waals surface area contributed by atoms with Crippen molar-refractivity contribution < 1.29 is 4.74 Å². The number of rotatable bonds is 6. The summed E-state index contributed by atoms with van der Waals surface area (Å²) in [4.78, 5) is 15.1. The first-order valence-electron chi connectivity index (χ1n) is 9.50. The van der Waals surface area contributed by atoms with Gasteiger partial charge in [-0.15, -0.1) is 11.3 Å². The lowest BCUT2D eigenvalue weighted by atomic mass is 9.97. The van der Waals surface area contributed by atoms with Crippen molar-refractivity contribution in [2.24, 2.45) is 5.92 Å². The Bertz CT molecular complexity index is 666. The Kier molecular flexibility index (Phi) is 5.99. The predicted octanol–water partition coefficient (Wildman–Crippen LogP) is 2.70. The number of likely N-dealkylation sites (tertiary alicyclic amines) is 1. The monoisotopic (exact) mass is 373 g/mol. The first-order valence-corrected chi connectivity index (χ1v) is 10.4. The summed E-state index contributed by atoms with van der Waals surface area (Å²) in [7, 11) is 0. The number of aromatic nitrogens is 2. The number of piperidine rings is 1. The largest absolute Gasteiger partial charge is 0.378 e. The summed E-state index contributed by atoms with van der Waals surface area (Å²) in [5.74, 6) is 2.65. The Morgan fingerprint density at radius 2 is 2.00 bits per heavy atom. The van der Waals surface area contributed by atoms with Gasteiger partial charge in [-0.3, -0.25) is 4.90 Å². The van der Waals surface area contributed by atoms with Gasteiger partial charge in [-0.05, 0) is 43.3 Å². The molecule has 7 heteroatoms. The molecule has 1 N–H and O–H groups in total. The number of thiophene rings is 1. The number of nitrogens with zero attached hydrogens (tertiary/aromatic N) is 4. The molecule has 0 atom stereocenters. The molecule has 2 aliphatic rings. The zero-order valence-electron chi connectivity index (χ0n) is 15.1.